The maximum atomic E-state index is 12.9. The maximum Gasteiger partial charge on any atom is 0.472 e. The number of allylic oxidation sites excluding steroid dienone is 6. The molecule has 0 heterocycles. The van der Waals surface area contributed by atoms with Crippen molar-refractivity contribution in [1.82, 2.24) is 0 Å². The molecule has 0 aromatic carbocycles. The Labute approximate surface area is 491 Å². The molecule has 0 aromatic heterocycles. The van der Waals surface area contributed by atoms with Gasteiger partial charge in [0.05, 0.1) is 27.7 Å². The van der Waals surface area contributed by atoms with Gasteiger partial charge in [-0.25, -0.2) is 4.57 Å². The molecule has 0 saturated carbocycles. The predicted octanol–water partition coefficient (Wildman–Crippen LogP) is 21.9. The highest BCUT2D eigenvalue weighted by Gasteiger charge is 2.27. The molecule has 0 fully saturated rings. The minimum Gasteiger partial charge on any atom is -0.462 e. The number of esters is 2. The van der Waals surface area contributed by atoms with E-state index in [9.17, 15) is 19.0 Å². The van der Waals surface area contributed by atoms with Gasteiger partial charge in [0.15, 0.2) is 6.10 Å². The number of carbonyl (C=O) groups is 2. The van der Waals surface area contributed by atoms with Crippen molar-refractivity contribution in [2.24, 2.45) is 0 Å². The number of rotatable bonds is 64. The molecular formula is C69H133NO8P+. The molecular weight excluding hydrogens is 1000 g/mol. The smallest absolute Gasteiger partial charge is 0.462 e. The Morgan fingerprint density at radius 3 is 1.01 bits per heavy atom. The van der Waals surface area contributed by atoms with E-state index in [-0.39, 0.29) is 25.6 Å². The van der Waals surface area contributed by atoms with Crippen LogP contribution in [0.5, 0.6) is 0 Å². The fraction of sp³-hybridized carbons (Fsp3) is 0.884. The summed E-state index contributed by atoms with van der Waals surface area (Å²) in [6.07, 6.45) is 76.7. The van der Waals surface area contributed by atoms with E-state index in [4.69, 9.17) is 18.5 Å². The first-order valence-electron chi connectivity index (χ1n) is 34.2. The van der Waals surface area contributed by atoms with Crippen molar-refractivity contribution in [2.45, 2.75) is 347 Å². The van der Waals surface area contributed by atoms with Gasteiger partial charge in [0.2, 0.25) is 0 Å². The van der Waals surface area contributed by atoms with Crippen molar-refractivity contribution in [3.05, 3.63) is 36.5 Å². The second kappa shape index (κ2) is 60.8. The third-order valence-corrected chi connectivity index (χ3v) is 16.4. The lowest BCUT2D eigenvalue weighted by Crippen LogP contribution is -2.37. The third kappa shape index (κ3) is 65.3. The highest BCUT2D eigenvalue weighted by atomic mass is 31.2. The van der Waals surface area contributed by atoms with Gasteiger partial charge < -0.3 is 18.9 Å². The van der Waals surface area contributed by atoms with Crippen molar-refractivity contribution in [2.75, 3.05) is 47.5 Å². The van der Waals surface area contributed by atoms with E-state index in [0.717, 1.165) is 44.9 Å². The Bertz CT molecular complexity index is 1430. The summed E-state index contributed by atoms with van der Waals surface area (Å²) in [5, 5.41) is 0. The third-order valence-electron chi connectivity index (χ3n) is 15.4. The standard InChI is InChI=1S/C69H132NO8P/c1-6-8-10-12-14-16-18-20-22-24-26-28-30-32-34-36-37-39-41-43-45-47-49-51-53-55-57-59-61-68(71)75-65-67(66-77-79(73,74)76-64-63-70(3,4)5)78-69(72)62-60-58-56-54-52-50-48-46-44-42-40-38-35-33-31-29-27-25-23-21-19-17-15-13-11-9-7-2/h19,21,25,27,31,33,67H,6-18,20,22-24,26,28-30,32,34-66H2,1-5H3/p+1/b21-19-,27-25-,33-31-. The molecule has 0 radical (unpaired) electrons. The summed E-state index contributed by atoms with van der Waals surface area (Å²) < 4.78 is 34.7. The fourth-order valence-electron chi connectivity index (χ4n) is 10.1. The average Bonchev–Trinajstić information content (AvgIpc) is 3.41. The molecule has 10 heteroatoms. The molecule has 0 rings (SSSR count). The molecule has 0 saturated heterocycles. The second-order valence-electron chi connectivity index (χ2n) is 24.6. The summed E-state index contributed by atoms with van der Waals surface area (Å²) >= 11 is 0. The molecule has 0 aliphatic rings. The molecule has 0 aliphatic carbocycles. The van der Waals surface area contributed by atoms with Crippen LogP contribution in [0.3, 0.4) is 0 Å². The molecule has 0 aliphatic heterocycles. The quantitative estimate of drug-likeness (QED) is 0.0211. The number of nitrogens with zero attached hydrogens (tertiary/aromatic N) is 1. The molecule has 2 atom stereocenters. The summed E-state index contributed by atoms with van der Waals surface area (Å²) in [5.74, 6) is -0.781. The van der Waals surface area contributed by atoms with E-state index < -0.39 is 26.5 Å². The van der Waals surface area contributed by atoms with Crippen LogP contribution in [-0.4, -0.2) is 74.9 Å². The van der Waals surface area contributed by atoms with Crippen molar-refractivity contribution < 1.29 is 42.1 Å². The van der Waals surface area contributed by atoms with Gasteiger partial charge in [-0.3, -0.25) is 18.6 Å². The van der Waals surface area contributed by atoms with Crippen molar-refractivity contribution in [3.8, 4) is 0 Å². The topological polar surface area (TPSA) is 108 Å². The van der Waals surface area contributed by atoms with E-state index in [1.807, 2.05) is 21.1 Å². The van der Waals surface area contributed by atoms with Crippen LogP contribution >= 0.6 is 7.82 Å². The SMILES string of the molecule is CCCCCCC/C=C\C/C=C\C/C=C\CCCCCCCCCCCCCCC(=O)OC(COC(=O)CCCCCCCCCCCCCCCCCCCCCCCCCCCCCC)COP(=O)(O)OCC[N+](C)(C)C. The molecule has 0 aromatic rings. The van der Waals surface area contributed by atoms with Crippen LogP contribution < -0.4 is 0 Å². The van der Waals surface area contributed by atoms with Crippen LogP contribution in [0.2, 0.25) is 0 Å². The zero-order chi connectivity index (χ0) is 57.7. The van der Waals surface area contributed by atoms with Crippen molar-refractivity contribution in [3.63, 3.8) is 0 Å². The largest absolute Gasteiger partial charge is 0.472 e. The van der Waals surface area contributed by atoms with Gasteiger partial charge in [0.25, 0.3) is 0 Å². The van der Waals surface area contributed by atoms with Crippen LogP contribution in [0.25, 0.3) is 0 Å². The summed E-state index contributed by atoms with van der Waals surface area (Å²) in [4.78, 5) is 35.8. The van der Waals surface area contributed by atoms with Gasteiger partial charge in [-0.05, 0) is 51.4 Å². The van der Waals surface area contributed by atoms with Gasteiger partial charge in [0, 0.05) is 12.8 Å². The van der Waals surface area contributed by atoms with Gasteiger partial charge in [-0.2, -0.15) is 0 Å². The molecule has 0 bridgehead atoms. The van der Waals surface area contributed by atoms with E-state index in [1.165, 1.54) is 263 Å². The first-order valence-corrected chi connectivity index (χ1v) is 35.7. The Kier molecular flexibility index (Phi) is 59.4. The van der Waals surface area contributed by atoms with E-state index in [2.05, 4.69) is 50.3 Å². The van der Waals surface area contributed by atoms with Crippen LogP contribution in [-0.2, 0) is 32.7 Å². The fourth-order valence-corrected chi connectivity index (χ4v) is 10.9. The molecule has 2 unspecified atom stereocenters. The zero-order valence-corrected chi connectivity index (χ0v) is 54.0. The number of hydrogen-bond donors (Lipinski definition) is 1. The van der Waals surface area contributed by atoms with Crippen LogP contribution in [0.1, 0.15) is 341 Å². The van der Waals surface area contributed by atoms with Gasteiger partial charge in [0.1, 0.15) is 19.8 Å². The summed E-state index contributed by atoms with van der Waals surface area (Å²) in [5.41, 5.74) is 0. The molecule has 0 spiro atoms. The van der Waals surface area contributed by atoms with E-state index in [1.54, 1.807) is 0 Å². The van der Waals surface area contributed by atoms with Crippen LogP contribution in [0.15, 0.2) is 36.5 Å². The zero-order valence-electron chi connectivity index (χ0n) is 53.1. The Balaban J connectivity index is 4.03. The van der Waals surface area contributed by atoms with Crippen molar-refractivity contribution >= 4 is 19.8 Å². The molecule has 466 valence electrons. The van der Waals surface area contributed by atoms with Crippen LogP contribution in [0.4, 0.5) is 0 Å². The Morgan fingerprint density at radius 1 is 0.392 bits per heavy atom. The van der Waals surface area contributed by atoms with Gasteiger partial charge in [-0.15, -0.1) is 0 Å². The lowest BCUT2D eigenvalue weighted by atomic mass is 10.0. The molecule has 1 N–H and O–H groups in total. The summed E-state index contributed by atoms with van der Waals surface area (Å²) in [7, 11) is 1.49. The molecule has 9 nitrogen and oxygen atoms in total. The van der Waals surface area contributed by atoms with Gasteiger partial charge >= 0.3 is 19.8 Å². The van der Waals surface area contributed by atoms with Gasteiger partial charge in [-0.1, -0.05) is 314 Å². The minimum absolute atomic E-state index is 0.0333. The predicted molar refractivity (Wildman–Crippen MR) is 340 cm³/mol. The monoisotopic (exact) mass is 1130 g/mol. The first-order chi connectivity index (χ1) is 38.5. The summed E-state index contributed by atoms with van der Waals surface area (Å²) in [6, 6.07) is 0. The molecule has 0 amide bonds. The number of phosphoric ester groups is 1. The Hall–Kier alpha value is -1.77. The van der Waals surface area contributed by atoms with E-state index >= 15 is 0 Å². The number of quaternary nitrogens is 1. The average molecular weight is 1140 g/mol. The second-order valence-corrected chi connectivity index (χ2v) is 26.0. The first kappa shape index (κ1) is 77.2. The number of carbonyl (C=O) groups excluding carboxylic acids is 2. The normalized spacial score (nSPS) is 13.3. The summed E-state index contributed by atoms with van der Waals surface area (Å²) in [6.45, 7) is 4.49. The van der Waals surface area contributed by atoms with Crippen molar-refractivity contribution in [1.29, 1.82) is 0 Å². The number of phosphoric acid groups is 1. The maximum absolute atomic E-state index is 12.9. The van der Waals surface area contributed by atoms with E-state index in [0.29, 0.717) is 23.9 Å². The van der Waals surface area contributed by atoms with Crippen LogP contribution in [0, 0.1) is 0 Å². The Morgan fingerprint density at radius 2 is 0.684 bits per heavy atom. The number of ether oxygens (including phenoxy) is 2. The highest BCUT2D eigenvalue weighted by Crippen LogP contribution is 2.43. The number of hydrogen-bond acceptors (Lipinski definition) is 7. The lowest BCUT2D eigenvalue weighted by molar-refractivity contribution is -0.870. The molecule has 79 heavy (non-hydrogen) atoms. The lowest BCUT2D eigenvalue weighted by Gasteiger charge is -2.24. The number of likely N-dealkylation sites (N-methyl/N-ethyl adjacent to an activating group) is 1. The minimum atomic E-state index is -4.39. The number of unbranched alkanes of at least 4 members (excludes halogenated alkanes) is 44. The highest BCUT2D eigenvalue weighted by molar-refractivity contribution is 7.47.